The Morgan fingerprint density at radius 1 is 0.262 bits per heavy atom. The molecule has 1 heteroatoms. The summed E-state index contributed by atoms with van der Waals surface area (Å²) in [5.41, 5.74) is 17.2. The lowest BCUT2D eigenvalue weighted by atomic mass is 9.75. The van der Waals surface area contributed by atoms with Gasteiger partial charge in [0.15, 0.2) is 0 Å². The van der Waals surface area contributed by atoms with Gasteiger partial charge >= 0.3 is 0 Å². The van der Waals surface area contributed by atoms with Gasteiger partial charge < -0.3 is 4.42 Å². The van der Waals surface area contributed by atoms with Gasteiger partial charge in [0.2, 0.25) is 0 Å². The van der Waals surface area contributed by atoms with Crippen LogP contribution >= 0.6 is 0 Å². The molecule has 1 aromatic heterocycles. The van der Waals surface area contributed by atoms with Crippen LogP contribution in [0.4, 0.5) is 0 Å². The minimum Gasteiger partial charge on any atom is -0.455 e. The van der Waals surface area contributed by atoms with Crippen LogP contribution < -0.4 is 0 Å². The van der Waals surface area contributed by atoms with E-state index >= 15 is 0 Å². The Labute approximate surface area is 376 Å². The van der Waals surface area contributed by atoms with Gasteiger partial charge in [-0.15, -0.1) is 0 Å². The number of rotatable bonds is 5. The summed E-state index contributed by atoms with van der Waals surface area (Å²) < 4.78 is 6.51. The molecule has 0 spiro atoms. The van der Waals surface area contributed by atoms with Crippen LogP contribution in [0.15, 0.2) is 223 Å². The topological polar surface area (TPSA) is 13.1 Å². The number of hydrogen-bond donors (Lipinski definition) is 0. The van der Waals surface area contributed by atoms with Crippen molar-refractivity contribution in [3.05, 3.63) is 230 Å². The molecule has 0 N–H and O–H groups in total. The normalized spacial score (nSPS) is 12.5. The molecule has 1 aliphatic carbocycles. The van der Waals surface area contributed by atoms with Gasteiger partial charge in [-0.2, -0.15) is 0 Å². The van der Waals surface area contributed by atoms with Crippen molar-refractivity contribution in [2.24, 2.45) is 0 Å². The Kier molecular flexibility index (Phi) is 7.88. The number of furan rings is 1. The second-order valence-corrected chi connectivity index (χ2v) is 17.7. The molecular weight excluding hydrogens is 785 g/mol. The standard InChI is InChI=1S/C64H40O/c1-4-19-44-39(13-1)16-9-24-48(44)58-37-57(43-31-29-42(30-32-43)47-23-12-27-56-51-22-7-8-28-61(51)65-64(47)56)52-33-34-54-59(49-25-10-17-40-14-2-5-20-45(40)49)38-60(55-36-35-53(58)62(52)63(54)55)50-26-11-18-41-15-3-6-21-46(41)50/h1-34,37-38H,35-36H2. The summed E-state index contributed by atoms with van der Waals surface area (Å²) >= 11 is 0. The van der Waals surface area contributed by atoms with Crippen molar-refractivity contribution < 1.29 is 4.42 Å². The van der Waals surface area contributed by atoms with E-state index in [1.54, 1.807) is 0 Å². The van der Waals surface area contributed by atoms with E-state index in [0.717, 1.165) is 45.9 Å². The Morgan fingerprint density at radius 3 is 1.23 bits per heavy atom. The molecule has 1 heterocycles. The first-order chi connectivity index (χ1) is 32.2. The van der Waals surface area contributed by atoms with E-state index in [-0.39, 0.29) is 0 Å². The highest BCUT2D eigenvalue weighted by molar-refractivity contribution is 6.23. The monoisotopic (exact) mass is 824 g/mol. The van der Waals surface area contributed by atoms with Gasteiger partial charge in [0.25, 0.3) is 0 Å². The second-order valence-electron chi connectivity index (χ2n) is 17.7. The number of hydrogen-bond acceptors (Lipinski definition) is 1. The molecule has 1 nitrogen and oxygen atoms in total. The molecule has 0 saturated heterocycles. The van der Waals surface area contributed by atoms with Crippen molar-refractivity contribution in [3.8, 4) is 55.6 Å². The summed E-state index contributed by atoms with van der Waals surface area (Å²) in [5.74, 6) is 0. The van der Waals surface area contributed by atoms with Crippen LogP contribution in [-0.4, -0.2) is 0 Å². The zero-order valence-corrected chi connectivity index (χ0v) is 35.6. The van der Waals surface area contributed by atoms with Gasteiger partial charge in [-0.1, -0.05) is 200 Å². The maximum absolute atomic E-state index is 6.51. The molecule has 0 unspecified atom stereocenters. The Balaban J connectivity index is 1.09. The van der Waals surface area contributed by atoms with Gasteiger partial charge in [-0.3, -0.25) is 0 Å². The molecule has 1 aliphatic rings. The van der Waals surface area contributed by atoms with Crippen LogP contribution in [0.2, 0.25) is 0 Å². The molecule has 0 aliphatic heterocycles. The first kappa shape index (κ1) is 36.2. The van der Waals surface area contributed by atoms with Crippen LogP contribution in [0.3, 0.4) is 0 Å². The number of aryl methyl sites for hydroxylation is 2. The van der Waals surface area contributed by atoms with Gasteiger partial charge in [0.05, 0.1) is 0 Å². The first-order valence-electron chi connectivity index (χ1n) is 22.8. The van der Waals surface area contributed by atoms with E-state index in [4.69, 9.17) is 4.42 Å². The maximum Gasteiger partial charge on any atom is 0.143 e. The molecule has 0 amide bonds. The van der Waals surface area contributed by atoms with Crippen molar-refractivity contribution in [2.45, 2.75) is 12.8 Å². The third-order valence-corrected chi connectivity index (χ3v) is 14.4. The van der Waals surface area contributed by atoms with Crippen LogP contribution in [-0.2, 0) is 12.8 Å². The highest BCUT2D eigenvalue weighted by atomic mass is 16.3. The van der Waals surface area contributed by atoms with E-state index in [9.17, 15) is 0 Å². The van der Waals surface area contributed by atoms with E-state index in [0.29, 0.717) is 0 Å². The van der Waals surface area contributed by atoms with Crippen molar-refractivity contribution >= 4 is 75.8 Å². The smallest absolute Gasteiger partial charge is 0.143 e. The quantitative estimate of drug-likeness (QED) is 0.158. The maximum atomic E-state index is 6.51. The molecule has 14 rings (SSSR count). The van der Waals surface area contributed by atoms with E-state index in [1.807, 2.05) is 6.07 Å². The zero-order valence-electron chi connectivity index (χ0n) is 35.6. The average Bonchev–Trinajstić information content (AvgIpc) is 3.76. The molecule has 65 heavy (non-hydrogen) atoms. The summed E-state index contributed by atoms with van der Waals surface area (Å²) in [6.07, 6.45) is 1.91. The van der Waals surface area contributed by atoms with Gasteiger partial charge in [-0.05, 0) is 146 Å². The fraction of sp³-hybridized carbons (Fsp3) is 0.0312. The van der Waals surface area contributed by atoms with Crippen LogP contribution in [0.5, 0.6) is 0 Å². The predicted octanol–water partition coefficient (Wildman–Crippen LogP) is 17.8. The summed E-state index contributed by atoms with van der Waals surface area (Å²) in [6, 6.07) is 81.0. The largest absolute Gasteiger partial charge is 0.455 e. The molecular formula is C64H40O. The summed E-state index contributed by atoms with van der Waals surface area (Å²) in [7, 11) is 0. The fourth-order valence-electron chi connectivity index (χ4n) is 11.5. The zero-order chi connectivity index (χ0) is 42.6. The predicted molar refractivity (Wildman–Crippen MR) is 276 cm³/mol. The lowest BCUT2D eigenvalue weighted by molar-refractivity contribution is 0.670. The van der Waals surface area contributed by atoms with Gasteiger partial charge in [0.1, 0.15) is 11.2 Å². The highest BCUT2D eigenvalue weighted by Gasteiger charge is 2.27. The van der Waals surface area contributed by atoms with E-state index in [1.165, 1.54) is 109 Å². The molecule has 13 aromatic rings. The third-order valence-electron chi connectivity index (χ3n) is 14.4. The first-order valence-corrected chi connectivity index (χ1v) is 22.8. The molecule has 0 atom stereocenters. The van der Waals surface area contributed by atoms with E-state index in [2.05, 4.69) is 212 Å². The minimum absolute atomic E-state index is 0.916. The SMILES string of the molecule is c1ccc2c(-c3cc(-c4ccc(-c5cccc6c5oc5ccccc56)cc4)c4ccc5c(-c6cccc7ccccc67)cc(-c6cccc7ccccc67)c6c5c4c3CC6)cccc2c1. The molecule has 302 valence electrons. The molecule has 0 radical (unpaired) electrons. The van der Waals surface area contributed by atoms with Crippen LogP contribution in [0.1, 0.15) is 11.1 Å². The molecule has 0 saturated carbocycles. The lowest BCUT2D eigenvalue weighted by Crippen LogP contribution is -2.07. The second kappa shape index (κ2) is 14.1. The summed E-state index contributed by atoms with van der Waals surface area (Å²) in [4.78, 5) is 0. The van der Waals surface area contributed by atoms with Crippen LogP contribution in [0.25, 0.3) is 131 Å². The molecule has 12 aromatic carbocycles. The highest BCUT2D eigenvalue weighted by Crippen LogP contribution is 2.51. The Morgan fingerprint density at radius 2 is 0.662 bits per heavy atom. The average molecular weight is 825 g/mol. The Bertz CT molecular complexity index is 4090. The summed E-state index contributed by atoms with van der Waals surface area (Å²) in [5, 5.41) is 15.3. The van der Waals surface area contributed by atoms with Crippen molar-refractivity contribution in [3.63, 3.8) is 0 Å². The van der Waals surface area contributed by atoms with E-state index < -0.39 is 0 Å². The third kappa shape index (κ3) is 5.46. The van der Waals surface area contributed by atoms with Gasteiger partial charge in [0, 0.05) is 16.3 Å². The minimum atomic E-state index is 0.916. The lowest BCUT2D eigenvalue weighted by Gasteiger charge is -2.28. The number of fused-ring (bicyclic) bond motifs is 6. The van der Waals surface area contributed by atoms with Crippen LogP contribution in [0, 0.1) is 0 Å². The van der Waals surface area contributed by atoms with Gasteiger partial charge in [-0.25, -0.2) is 0 Å². The summed E-state index contributed by atoms with van der Waals surface area (Å²) in [6.45, 7) is 0. The number of benzene rings is 12. The van der Waals surface area contributed by atoms with Crippen molar-refractivity contribution in [1.82, 2.24) is 0 Å². The number of para-hydroxylation sites is 2. The Hall–Kier alpha value is -8.26. The van der Waals surface area contributed by atoms with Crippen molar-refractivity contribution in [2.75, 3.05) is 0 Å². The fourth-order valence-corrected chi connectivity index (χ4v) is 11.5. The van der Waals surface area contributed by atoms with Crippen molar-refractivity contribution in [1.29, 1.82) is 0 Å². The molecule has 0 bridgehead atoms. The molecule has 0 fully saturated rings.